The average Bonchev–Trinajstić information content (AvgIpc) is 2.64. The van der Waals surface area contributed by atoms with Crippen LogP contribution in [-0.4, -0.2) is 44.2 Å². The molecular weight excluding hydrogens is 307 g/mol. The van der Waals surface area contributed by atoms with Crippen molar-refractivity contribution in [3.63, 3.8) is 0 Å². The second-order valence-corrected chi connectivity index (χ2v) is 5.84. The third-order valence-corrected chi connectivity index (χ3v) is 4.41. The molecule has 1 aliphatic rings. The average molecular weight is 328 g/mol. The van der Waals surface area contributed by atoms with Gasteiger partial charge < -0.3 is 9.64 Å². The number of ether oxygens (including phenoxy) is 1. The molecule has 4 nitrogen and oxygen atoms in total. The standard InChI is InChI=1S/C19H21FN2O2/c1-24-19(23)18(15-7-9-16(20)10-8-15)22-13-11-21(12-14-22)17-5-3-2-4-6-17/h2-10,18H,11-14H2,1H3. The van der Waals surface area contributed by atoms with Gasteiger partial charge >= 0.3 is 5.97 Å². The lowest BCUT2D eigenvalue weighted by Gasteiger charge is -2.39. The number of carbonyl (C=O) groups is 1. The zero-order valence-corrected chi connectivity index (χ0v) is 13.7. The molecule has 1 aliphatic heterocycles. The van der Waals surface area contributed by atoms with Crippen LogP contribution in [0.5, 0.6) is 0 Å². The number of methoxy groups -OCH3 is 1. The Balaban J connectivity index is 1.73. The molecule has 1 heterocycles. The van der Waals surface area contributed by atoms with Gasteiger partial charge in [0.25, 0.3) is 0 Å². The van der Waals surface area contributed by atoms with Crippen molar-refractivity contribution >= 4 is 11.7 Å². The summed E-state index contributed by atoms with van der Waals surface area (Å²) in [6.07, 6.45) is 0. The van der Waals surface area contributed by atoms with Crippen LogP contribution in [0.1, 0.15) is 11.6 Å². The fraction of sp³-hybridized carbons (Fsp3) is 0.316. The highest BCUT2D eigenvalue weighted by Gasteiger charge is 2.31. The SMILES string of the molecule is COC(=O)C(c1ccc(F)cc1)N1CCN(c2ccccc2)CC1. The van der Waals surface area contributed by atoms with Gasteiger partial charge in [-0.1, -0.05) is 30.3 Å². The maximum absolute atomic E-state index is 13.2. The van der Waals surface area contributed by atoms with Crippen molar-refractivity contribution in [3.8, 4) is 0 Å². The molecule has 0 N–H and O–H groups in total. The molecule has 2 aromatic carbocycles. The summed E-state index contributed by atoms with van der Waals surface area (Å²) < 4.78 is 18.2. The Morgan fingerprint density at radius 2 is 1.62 bits per heavy atom. The van der Waals surface area contributed by atoms with Crippen LogP contribution in [0.3, 0.4) is 0 Å². The van der Waals surface area contributed by atoms with Crippen LogP contribution < -0.4 is 4.90 Å². The minimum atomic E-state index is -0.492. The van der Waals surface area contributed by atoms with Gasteiger partial charge in [-0.25, -0.2) is 9.18 Å². The molecule has 0 saturated carbocycles. The van der Waals surface area contributed by atoms with Crippen LogP contribution in [0.15, 0.2) is 54.6 Å². The van der Waals surface area contributed by atoms with E-state index in [-0.39, 0.29) is 11.8 Å². The summed E-state index contributed by atoms with van der Waals surface area (Å²) in [5, 5.41) is 0. The Kier molecular flexibility index (Phi) is 5.11. The van der Waals surface area contributed by atoms with Gasteiger partial charge in [0, 0.05) is 31.9 Å². The van der Waals surface area contributed by atoms with E-state index < -0.39 is 6.04 Å². The fourth-order valence-corrected chi connectivity index (χ4v) is 3.13. The van der Waals surface area contributed by atoms with Gasteiger partial charge in [0.2, 0.25) is 0 Å². The lowest BCUT2D eigenvalue weighted by molar-refractivity contribution is -0.147. The molecule has 1 unspecified atom stereocenters. The quantitative estimate of drug-likeness (QED) is 0.808. The Hall–Kier alpha value is -2.40. The number of hydrogen-bond donors (Lipinski definition) is 0. The number of benzene rings is 2. The monoisotopic (exact) mass is 328 g/mol. The van der Waals surface area contributed by atoms with Gasteiger partial charge in [-0.3, -0.25) is 4.90 Å². The molecule has 5 heteroatoms. The van der Waals surface area contributed by atoms with E-state index >= 15 is 0 Å². The summed E-state index contributed by atoms with van der Waals surface area (Å²) in [7, 11) is 1.39. The summed E-state index contributed by atoms with van der Waals surface area (Å²) >= 11 is 0. The molecule has 3 rings (SSSR count). The first-order valence-corrected chi connectivity index (χ1v) is 8.06. The molecule has 0 bridgehead atoms. The molecule has 1 fully saturated rings. The van der Waals surface area contributed by atoms with Crippen molar-refractivity contribution < 1.29 is 13.9 Å². The number of nitrogens with zero attached hydrogens (tertiary/aromatic N) is 2. The summed E-state index contributed by atoms with van der Waals surface area (Å²) in [6.45, 7) is 3.15. The van der Waals surface area contributed by atoms with Crippen molar-refractivity contribution in [1.29, 1.82) is 0 Å². The van der Waals surface area contributed by atoms with Crippen molar-refractivity contribution in [1.82, 2.24) is 4.90 Å². The highest BCUT2D eigenvalue weighted by Crippen LogP contribution is 2.25. The van der Waals surface area contributed by atoms with Crippen molar-refractivity contribution in [2.24, 2.45) is 0 Å². The van der Waals surface area contributed by atoms with Crippen molar-refractivity contribution in [3.05, 3.63) is 66.0 Å². The third-order valence-electron chi connectivity index (χ3n) is 4.41. The van der Waals surface area contributed by atoms with E-state index in [1.165, 1.54) is 24.9 Å². The minimum Gasteiger partial charge on any atom is -0.468 e. The Morgan fingerprint density at radius 1 is 1.00 bits per heavy atom. The first kappa shape index (κ1) is 16.5. The number of esters is 1. The maximum atomic E-state index is 13.2. The number of halogens is 1. The van der Waals surface area contributed by atoms with Crippen molar-refractivity contribution in [2.75, 3.05) is 38.2 Å². The predicted octanol–water partition coefficient (Wildman–Crippen LogP) is 2.86. The lowest BCUT2D eigenvalue weighted by Crippen LogP contribution is -2.49. The van der Waals surface area contributed by atoms with Crippen molar-refractivity contribution in [2.45, 2.75) is 6.04 Å². The number of anilines is 1. The van der Waals surface area contributed by atoms with E-state index in [2.05, 4.69) is 21.9 Å². The molecule has 0 radical (unpaired) electrons. The molecule has 0 aromatic heterocycles. The zero-order chi connectivity index (χ0) is 16.9. The van der Waals surface area contributed by atoms with Crippen LogP contribution in [0.2, 0.25) is 0 Å². The molecule has 2 aromatic rings. The highest BCUT2D eigenvalue weighted by atomic mass is 19.1. The van der Waals surface area contributed by atoms with Gasteiger partial charge in [0.15, 0.2) is 0 Å². The summed E-state index contributed by atoms with van der Waals surface area (Å²) in [5.74, 6) is -0.619. The Morgan fingerprint density at radius 3 is 2.21 bits per heavy atom. The zero-order valence-electron chi connectivity index (χ0n) is 13.7. The lowest BCUT2D eigenvalue weighted by atomic mass is 10.0. The first-order chi connectivity index (χ1) is 11.7. The topological polar surface area (TPSA) is 32.8 Å². The summed E-state index contributed by atoms with van der Waals surface area (Å²) in [5.41, 5.74) is 1.95. The van der Waals surface area contributed by atoms with Gasteiger partial charge in [-0.2, -0.15) is 0 Å². The minimum absolute atomic E-state index is 0.309. The highest BCUT2D eigenvalue weighted by molar-refractivity contribution is 5.77. The van der Waals surface area contributed by atoms with E-state index in [4.69, 9.17) is 4.74 Å². The van der Waals surface area contributed by atoms with E-state index in [0.717, 1.165) is 31.7 Å². The molecule has 1 saturated heterocycles. The molecular formula is C19H21FN2O2. The normalized spacial score (nSPS) is 16.7. The van der Waals surface area contributed by atoms with Crippen LogP contribution in [0.4, 0.5) is 10.1 Å². The van der Waals surface area contributed by atoms with E-state index in [9.17, 15) is 9.18 Å². The smallest absolute Gasteiger partial charge is 0.327 e. The van der Waals surface area contributed by atoms with Gasteiger partial charge in [0.05, 0.1) is 7.11 Å². The molecule has 0 spiro atoms. The van der Waals surface area contributed by atoms with Gasteiger partial charge in [-0.15, -0.1) is 0 Å². The first-order valence-electron chi connectivity index (χ1n) is 8.06. The largest absolute Gasteiger partial charge is 0.468 e. The van der Waals surface area contributed by atoms with Crippen LogP contribution in [0.25, 0.3) is 0 Å². The number of piperazine rings is 1. The van der Waals surface area contributed by atoms with Crippen LogP contribution in [-0.2, 0) is 9.53 Å². The fourth-order valence-electron chi connectivity index (χ4n) is 3.13. The second kappa shape index (κ2) is 7.45. The maximum Gasteiger partial charge on any atom is 0.327 e. The number of rotatable bonds is 4. The predicted molar refractivity (Wildman–Crippen MR) is 91.4 cm³/mol. The second-order valence-electron chi connectivity index (χ2n) is 5.84. The summed E-state index contributed by atoms with van der Waals surface area (Å²) in [4.78, 5) is 16.7. The van der Waals surface area contributed by atoms with E-state index in [0.29, 0.717) is 0 Å². The van der Waals surface area contributed by atoms with Crippen LogP contribution in [0, 0.1) is 5.82 Å². The molecule has 24 heavy (non-hydrogen) atoms. The molecule has 1 atom stereocenters. The van der Waals surface area contributed by atoms with E-state index in [1.54, 1.807) is 12.1 Å². The number of hydrogen-bond acceptors (Lipinski definition) is 4. The molecule has 0 aliphatic carbocycles. The van der Waals surface area contributed by atoms with Gasteiger partial charge in [0.1, 0.15) is 11.9 Å². The number of carbonyl (C=O) groups excluding carboxylic acids is 1. The molecule has 126 valence electrons. The van der Waals surface area contributed by atoms with Gasteiger partial charge in [-0.05, 0) is 29.8 Å². The molecule has 0 amide bonds. The van der Waals surface area contributed by atoms with Crippen LogP contribution >= 0.6 is 0 Å². The summed E-state index contributed by atoms with van der Waals surface area (Å²) in [6, 6.07) is 15.8. The number of para-hydroxylation sites is 1. The third kappa shape index (κ3) is 3.57. The Bertz CT molecular complexity index is 668. The Labute approximate surface area is 141 Å². The van der Waals surface area contributed by atoms with E-state index in [1.807, 2.05) is 18.2 Å².